The largest absolute Gasteiger partial charge is 0.460 e. The predicted octanol–water partition coefficient (Wildman–Crippen LogP) is 1.34. The molecule has 1 N–H and O–H groups in total. The first-order chi connectivity index (χ1) is 7.42. The fraction of sp³-hybridized carbons (Fsp3) is 0.917. The molecule has 0 amide bonds. The van der Waals surface area contributed by atoms with Crippen LogP contribution in [0.5, 0.6) is 0 Å². The summed E-state index contributed by atoms with van der Waals surface area (Å²) in [5.41, 5.74) is -0.401. The van der Waals surface area contributed by atoms with Gasteiger partial charge in [-0.25, -0.2) is 0 Å². The van der Waals surface area contributed by atoms with E-state index in [0.717, 1.165) is 19.5 Å². The topological polar surface area (TPSA) is 47.6 Å². The molecule has 1 aliphatic heterocycles. The normalized spacial score (nSPS) is 26.5. The Kier molecular flexibility index (Phi) is 4.74. The molecular formula is C12H23NO3. The van der Waals surface area contributed by atoms with Gasteiger partial charge in [-0.1, -0.05) is 0 Å². The first kappa shape index (κ1) is 13.5. The SMILES string of the molecule is CO[C@@H]1CCNC[C@H]1CC(=O)OC(C)(C)C. The Morgan fingerprint density at radius 3 is 2.69 bits per heavy atom. The van der Waals surface area contributed by atoms with Gasteiger partial charge < -0.3 is 14.8 Å². The highest BCUT2D eigenvalue weighted by molar-refractivity contribution is 5.70. The van der Waals surface area contributed by atoms with Crippen LogP contribution in [-0.4, -0.2) is 37.9 Å². The lowest BCUT2D eigenvalue weighted by Crippen LogP contribution is -2.42. The fourth-order valence-electron chi connectivity index (χ4n) is 2.01. The molecule has 16 heavy (non-hydrogen) atoms. The number of hydrogen-bond acceptors (Lipinski definition) is 4. The van der Waals surface area contributed by atoms with E-state index in [0.29, 0.717) is 6.42 Å². The monoisotopic (exact) mass is 229 g/mol. The van der Waals surface area contributed by atoms with Crippen molar-refractivity contribution in [3.8, 4) is 0 Å². The Morgan fingerprint density at radius 2 is 2.12 bits per heavy atom. The van der Waals surface area contributed by atoms with Crippen LogP contribution in [0.25, 0.3) is 0 Å². The minimum Gasteiger partial charge on any atom is -0.460 e. The van der Waals surface area contributed by atoms with Crippen LogP contribution in [0.1, 0.15) is 33.6 Å². The Bertz CT molecular complexity index is 235. The number of carbonyl (C=O) groups excluding carboxylic acids is 1. The van der Waals surface area contributed by atoms with Crippen LogP contribution in [0.3, 0.4) is 0 Å². The van der Waals surface area contributed by atoms with E-state index >= 15 is 0 Å². The Balaban J connectivity index is 2.42. The third kappa shape index (κ3) is 4.49. The third-order valence-electron chi connectivity index (χ3n) is 2.69. The first-order valence-electron chi connectivity index (χ1n) is 5.88. The molecule has 0 aromatic rings. The van der Waals surface area contributed by atoms with Crippen molar-refractivity contribution in [3.05, 3.63) is 0 Å². The molecule has 0 bridgehead atoms. The molecule has 0 saturated carbocycles. The average molecular weight is 229 g/mol. The van der Waals surface area contributed by atoms with Crippen molar-refractivity contribution >= 4 is 5.97 Å². The van der Waals surface area contributed by atoms with Crippen LogP contribution >= 0.6 is 0 Å². The molecule has 2 atom stereocenters. The van der Waals surface area contributed by atoms with Crippen LogP contribution in [0.15, 0.2) is 0 Å². The fourth-order valence-corrected chi connectivity index (χ4v) is 2.01. The van der Waals surface area contributed by atoms with E-state index in [4.69, 9.17) is 9.47 Å². The average Bonchev–Trinajstić information content (AvgIpc) is 2.15. The molecule has 0 unspecified atom stereocenters. The number of ether oxygens (including phenoxy) is 2. The Hall–Kier alpha value is -0.610. The molecule has 1 saturated heterocycles. The molecule has 1 rings (SSSR count). The molecule has 0 spiro atoms. The van der Waals surface area contributed by atoms with E-state index in [1.54, 1.807) is 7.11 Å². The third-order valence-corrected chi connectivity index (χ3v) is 2.69. The smallest absolute Gasteiger partial charge is 0.306 e. The lowest BCUT2D eigenvalue weighted by atomic mass is 9.93. The predicted molar refractivity (Wildman–Crippen MR) is 62.2 cm³/mol. The number of nitrogens with one attached hydrogen (secondary N) is 1. The molecule has 1 heterocycles. The van der Waals surface area contributed by atoms with Crippen LogP contribution in [-0.2, 0) is 14.3 Å². The maximum Gasteiger partial charge on any atom is 0.306 e. The van der Waals surface area contributed by atoms with Crippen molar-refractivity contribution in [3.63, 3.8) is 0 Å². The number of hydrogen-bond donors (Lipinski definition) is 1. The number of piperidine rings is 1. The molecule has 4 heteroatoms. The van der Waals surface area contributed by atoms with Crippen molar-refractivity contribution in [2.24, 2.45) is 5.92 Å². The van der Waals surface area contributed by atoms with Gasteiger partial charge in [0.2, 0.25) is 0 Å². The van der Waals surface area contributed by atoms with Crippen molar-refractivity contribution in [2.45, 2.75) is 45.3 Å². The van der Waals surface area contributed by atoms with Gasteiger partial charge in [0.1, 0.15) is 5.60 Å². The lowest BCUT2D eigenvalue weighted by molar-refractivity contribution is -0.157. The van der Waals surface area contributed by atoms with E-state index in [1.165, 1.54) is 0 Å². The van der Waals surface area contributed by atoms with Gasteiger partial charge in [-0.05, 0) is 33.7 Å². The quantitative estimate of drug-likeness (QED) is 0.742. The van der Waals surface area contributed by atoms with Gasteiger partial charge in [0, 0.05) is 19.6 Å². The maximum atomic E-state index is 11.7. The van der Waals surface area contributed by atoms with Crippen LogP contribution in [0, 0.1) is 5.92 Å². The molecule has 4 nitrogen and oxygen atoms in total. The number of carbonyl (C=O) groups is 1. The van der Waals surface area contributed by atoms with Gasteiger partial charge >= 0.3 is 5.97 Å². The highest BCUT2D eigenvalue weighted by Crippen LogP contribution is 2.20. The van der Waals surface area contributed by atoms with Crippen molar-refractivity contribution in [2.75, 3.05) is 20.2 Å². The number of methoxy groups -OCH3 is 1. The van der Waals surface area contributed by atoms with E-state index in [2.05, 4.69) is 5.32 Å². The summed E-state index contributed by atoms with van der Waals surface area (Å²) in [6.07, 6.45) is 1.57. The highest BCUT2D eigenvalue weighted by atomic mass is 16.6. The molecule has 0 aromatic carbocycles. The van der Waals surface area contributed by atoms with Gasteiger partial charge in [0.05, 0.1) is 12.5 Å². The van der Waals surface area contributed by atoms with E-state index in [-0.39, 0.29) is 18.0 Å². The summed E-state index contributed by atoms with van der Waals surface area (Å²) in [5.74, 6) is 0.0943. The summed E-state index contributed by atoms with van der Waals surface area (Å²) < 4.78 is 10.7. The number of esters is 1. The summed E-state index contributed by atoms with van der Waals surface area (Å²) in [6.45, 7) is 7.45. The van der Waals surface area contributed by atoms with Crippen LogP contribution in [0.2, 0.25) is 0 Å². The van der Waals surface area contributed by atoms with Crippen LogP contribution in [0.4, 0.5) is 0 Å². The van der Waals surface area contributed by atoms with Crippen molar-refractivity contribution in [1.29, 1.82) is 0 Å². The summed E-state index contributed by atoms with van der Waals surface area (Å²) in [7, 11) is 1.71. The molecule has 94 valence electrons. The summed E-state index contributed by atoms with van der Waals surface area (Å²) in [4.78, 5) is 11.7. The van der Waals surface area contributed by atoms with E-state index in [1.807, 2.05) is 20.8 Å². The minimum atomic E-state index is -0.401. The second-order valence-electron chi connectivity index (χ2n) is 5.32. The van der Waals surface area contributed by atoms with E-state index in [9.17, 15) is 4.79 Å². The van der Waals surface area contributed by atoms with E-state index < -0.39 is 5.60 Å². The summed E-state index contributed by atoms with van der Waals surface area (Å²) in [6, 6.07) is 0. The molecule has 1 fully saturated rings. The molecule has 0 aliphatic carbocycles. The Morgan fingerprint density at radius 1 is 1.44 bits per heavy atom. The molecular weight excluding hydrogens is 206 g/mol. The maximum absolute atomic E-state index is 11.7. The van der Waals surface area contributed by atoms with Gasteiger partial charge in [0.25, 0.3) is 0 Å². The standard InChI is InChI=1S/C12H23NO3/c1-12(2,3)16-11(14)7-9-8-13-6-5-10(9)15-4/h9-10,13H,5-8H2,1-4H3/t9-,10-/m1/s1. The molecule has 1 aliphatic rings. The second kappa shape index (κ2) is 5.64. The number of rotatable bonds is 3. The first-order valence-corrected chi connectivity index (χ1v) is 5.88. The summed E-state index contributed by atoms with van der Waals surface area (Å²) >= 11 is 0. The van der Waals surface area contributed by atoms with Gasteiger partial charge in [-0.3, -0.25) is 4.79 Å². The zero-order valence-corrected chi connectivity index (χ0v) is 10.7. The highest BCUT2D eigenvalue weighted by Gasteiger charge is 2.28. The lowest BCUT2D eigenvalue weighted by Gasteiger charge is -2.31. The second-order valence-corrected chi connectivity index (χ2v) is 5.32. The molecule has 0 radical (unpaired) electrons. The van der Waals surface area contributed by atoms with Gasteiger partial charge in [0.15, 0.2) is 0 Å². The zero-order chi connectivity index (χ0) is 12.2. The Labute approximate surface area is 97.7 Å². The van der Waals surface area contributed by atoms with Gasteiger partial charge in [-0.15, -0.1) is 0 Å². The van der Waals surface area contributed by atoms with Gasteiger partial charge in [-0.2, -0.15) is 0 Å². The minimum absolute atomic E-state index is 0.136. The van der Waals surface area contributed by atoms with Crippen LogP contribution < -0.4 is 5.32 Å². The van der Waals surface area contributed by atoms with Crippen molar-refractivity contribution < 1.29 is 14.3 Å². The summed E-state index contributed by atoms with van der Waals surface area (Å²) in [5, 5.41) is 3.28. The van der Waals surface area contributed by atoms with Crippen molar-refractivity contribution in [1.82, 2.24) is 5.32 Å². The zero-order valence-electron chi connectivity index (χ0n) is 10.7. The molecule has 0 aromatic heterocycles.